The molecule has 5 heteroatoms. The van der Waals surface area contributed by atoms with Crippen molar-refractivity contribution in [2.45, 2.75) is 25.8 Å². The predicted molar refractivity (Wildman–Crippen MR) is 87.4 cm³/mol. The molecular weight excluding hydrogens is 292 g/mol. The molecule has 3 amide bonds. The molecule has 0 bridgehead atoms. The van der Waals surface area contributed by atoms with Crippen LogP contribution in [-0.4, -0.2) is 23.1 Å². The quantitative estimate of drug-likeness (QED) is 0.853. The molecule has 1 aliphatic heterocycles. The number of carbonyl (C=O) groups excluding carboxylic acids is 2. The molecule has 2 aromatic carbocycles. The van der Waals surface area contributed by atoms with Gasteiger partial charge in [-0.05, 0) is 55.2 Å². The number of nitrogens with zero attached hydrogens (tertiary/aromatic N) is 1. The number of para-hydroxylation sites is 1. The monoisotopic (exact) mass is 310 g/mol. The van der Waals surface area contributed by atoms with E-state index in [4.69, 9.17) is 0 Å². The van der Waals surface area contributed by atoms with Crippen LogP contribution in [0.5, 0.6) is 5.75 Å². The Morgan fingerprint density at radius 1 is 1.13 bits per heavy atom. The highest BCUT2D eigenvalue weighted by molar-refractivity contribution is 6.21. The van der Waals surface area contributed by atoms with Crippen molar-refractivity contribution in [2.75, 3.05) is 4.90 Å². The van der Waals surface area contributed by atoms with Gasteiger partial charge in [-0.1, -0.05) is 24.3 Å². The first-order valence-electron chi connectivity index (χ1n) is 7.54. The third kappa shape index (κ3) is 3.04. The second-order valence-electron chi connectivity index (χ2n) is 5.66. The van der Waals surface area contributed by atoms with Crippen molar-refractivity contribution in [3.8, 4) is 5.75 Å². The van der Waals surface area contributed by atoms with Gasteiger partial charge in [0, 0.05) is 0 Å². The number of benzene rings is 2. The minimum Gasteiger partial charge on any atom is -0.508 e. The molecule has 0 aromatic heterocycles. The van der Waals surface area contributed by atoms with E-state index < -0.39 is 6.04 Å². The summed E-state index contributed by atoms with van der Waals surface area (Å²) in [5.74, 6) is 0.00406. The second-order valence-corrected chi connectivity index (χ2v) is 5.66. The Morgan fingerprint density at radius 2 is 1.87 bits per heavy atom. The summed E-state index contributed by atoms with van der Waals surface area (Å²) >= 11 is 0. The first-order valence-corrected chi connectivity index (χ1v) is 7.54. The van der Waals surface area contributed by atoms with Crippen molar-refractivity contribution < 1.29 is 14.7 Å². The lowest BCUT2D eigenvalue weighted by atomic mass is 10.0. The Labute approximate surface area is 134 Å². The molecule has 0 saturated carbocycles. The number of anilines is 1. The van der Waals surface area contributed by atoms with Crippen molar-refractivity contribution in [1.82, 2.24) is 5.32 Å². The van der Waals surface area contributed by atoms with Crippen LogP contribution in [0.1, 0.15) is 17.5 Å². The van der Waals surface area contributed by atoms with Gasteiger partial charge in [0.25, 0.3) is 5.91 Å². The van der Waals surface area contributed by atoms with Gasteiger partial charge in [-0.25, -0.2) is 9.69 Å². The first kappa shape index (κ1) is 15.1. The van der Waals surface area contributed by atoms with Gasteiger partial charge in [-0.15, -0.1) is 0 Å². The topological polar surface area (TPSA) is 69.6 Å². The third-order valence-electron chi connectivity index (χ3n) is 4.06. The van der Waals surface area contributed by atoms with Crippen molar-refractivity contribution in [3.05, 3.63) is 59.7 Å². The van der Waals surface area contributed by atoms with E-state index in [0.29, 0.717) is 18.5 Å². The SMILES string of the molecule is Cc1cc(O)ccc1CCC1NC(=O)N(c2ccccc2)C1=O. The van der Waals surface area contributed by atoms with E-state index in [1.165, 1.54) is 4.90 Å². The van der Waals surface area contributed by atoms with Gasteiger partial charge >= 0.3 is 6.03 Å². The summed E-state index contributed by atoms with van der Waals surface area (Å²) in [6.45, 7) is 1.92. The van der Waals surface area contributed by atoms with E-state index in [1.54, 1.807) is 36.4 Å². The number of nitrogens with one attached hydrogen (secondary N) is 1. The predicted octanol–water partition coefficient (Wildman–Crippen LogP) is 2.76. The van der Waals surface area contributed by atoms with Gasteiger partial charge in [0.2, 0.25) is 0 Å². The zero-order valence-electron chi connectivity index (χ0n) is 12.8. The number of carbonyl (C=O) groups is 2. The molecule has 5 nitrogen and oxygen atoms in total. The molecule has 1 aliphatic rings. The molecule has 23 heavy (non-hydrogen) atoms. The average molecular weight is 310 g/mol. The second kappa shape index (κ2) is 6.12. The maximum Gasteiger partial charge on any atom is 0.329 e. The highest BCUT2D eigenvalue weighted by Crippen LogP contribution is 2.22. The van der Waals surface area contributed by atoms with Gasteiger partial charge in [-0.3, -0.25) is 4.79 Å². The number of amides is 3. The highest BCUT2D eigenvalue weighted by atomic mass is 16.3. The van der Waals surface area contributed by atoms with Crippen molar-refractivity contribution in [3.63, 3.8) is 0 Å². The molecule has 1 heterocycles. The minimum atomic E-state index is -0.518. The number of rotatable bonds is 4. The molecule has 0 aliphatic carbocycles. The zero-order valence-corrected chi connectivity index (χ0v) is 12.8. The first-order chi connectivity index (χ1) is 11.1. The lowest BCUT2D eigenvalue weighted by Crippen LogP contribution is -2.31. The molecule has 1 fully saturated rings. The van der Waals surface area contributed by atoms with Crippen LogP contribution in [0.2, 0.25) is 0 Å². The number of hydrogen-bond acceptors (Lipinski definition) is 3. The van der Waals surface area contributed by atoms with Crippen LogP contribution in [0.4, 0.5) is 10.5 Å². The Bertz CT molecular complexity index is 743. The van der Waals surface area contributed by atoms with E-state index >= 15 is 0 Å². The van der Waals surface area contributed by atoms with Crippen molar-refractivity contribution >= 4 is 17.6 Å². The summed E-state index contributed by atoms with van der Waals surface area (Å²) in [6.07, 6.45) is 1.19. The minimum absolute atomic E-state index is 0.224. The smallest absolute Gasteiger partial charge is 0.329 e. The lowest BCUT2D eigenvalue weighted by molar-refractivity contribution is -0.118. The molecule has 2 N–H and O–H groups in total. The standard InChI is InChI=1S/C18H18N2O3/c1-12-11-15(21)9-7-13(12)8-10-16-17(22)20(18(23)19-16)14-5-3-2-4-6-14/h2-7,9,11,16,21H,8,10H2,1H3,(H,19,23). The average Bonchev–Trinajstić information content (AvgIpc) is 2.81. The summed E-state index contributed by atoms with van der Waals surface area (Å²) in [5, 5.41) is 12.2. The van der Waals surface area contributed by atoms with Crippen LogP contribution >= 0.6 is 0 Å². The largest absolute Gasteiger partial charge is 0.508 e. The Kier molecular flexibility index (Phi) is 4.02. The summed E-state index contributed by atoms with van der Waals surface area (Å²) < 4.78 is 0. The van der Waals surface area contributed by atoms with E-state index in [1.807, 2.05) is 19.1 Å². The van der Waals surface area contributed by atoms with Gasteiger partial charge in [0.05, 0.1) is 5.69 Å². The molecule has 1 saturated heterocycles. The van der Waals surface area contributed by atoms with Gasteiger partial charge < -0.3 is 10.4 Å². The number of hydrogen-bond donors (Lipinski definition) is 2. The number of urea groups is 1. The van der Waals surface area contributed by atoms with Gasteiger partial charge in [0.15, 0.2) is 0 Å². The maximum atomic E-state index is 12.5. The van der Waals surface area contributed by atoms with Crippen LogP contribution in [0.25, 0.3) is 0 Å². The van der Waals surface area contributed by atoms with Crippen molar-refractivity contribution in [1.29, 1.82) is 0 Å². The van der Waals surface area contributed by atoms with Crippen LogP contribution in [0.3, 0.4) is 0 Å². The van der Waals surface area contributed by atoms with Crippen LogP contribution in [0.15, 0.2) is 48.5 Å². The van der Waals surface area contributed by atoms with E-state index in [9.17, 15) is 14.7 Å². The van der Waals surface area contributed by atoms with Crippen LogP contribution in [-0.2, 0) is 11.2 Å². The number of phenolic OH excluding ortho intramolecular Hbond substituents is 1. The fourth-order valence-electron chi connectivity index (χ4n) is 2.81. The highest BCUT2D eigenvalue weighted by Gasteiger charge is 2.38. The molecule has 0 radical (unpaired) electrons. The zero-order chi connectivity index (χ0) is 16.4. The molecule has 1 atom stereocenters. The summed E-state index contributed by atoms with van der Waals surface area (Å²) in [6, 6.07) is 13.2. The number of aromatic hydroxyl groups is 1. The molecule has 118 valence electrons. The van der Waals surface area contributed by atoms with E-state index in [0.717, 1.165) is 11.1 Å². The summed E-state index contributed by atoms with van der Waals surface area (Å²) in [5.41, 5.74) is 2.61. The Hall–Kier alpha value is -2.82. The molecule has 2 aromatic rings. The number of phenols is 1. The summed E-state index contributed by atoms with van der Waals surface area (Å²) in [7, 11) is 0. The Balaban J connectivity index is 1.70. The normalized spacial score (nSPS) is 17.4. The molecular formula is C18H18N2O3. The summed E-state index contributed by atoms with van der Waals surface area (Å²) in [4.78, 5) is 25.7. The van der Waals surface area contributed by atoms with Crippen LogP contribution in [0, 0.1) is 6.92 Å². The molecule has 0 spiro atoms. The van der Waals surface area contributed by atoms with Gasteiger partial charge in [0.1, 0.15) is 11.8 Å². The van der Waals surface area contributed by atoms with Crippen LogP contribution < -0.4 is 10.2 Å². The third-order valence-corrected chi connectivity index (χ3v) is 4.06. The van der Waals surface area contributed by atoms with E-state index in [2.05, 4.69) is 5.32 Å². The fraction of sp³-hybridized carbons (Fsp3) is 0.222. The van der Waals surface area contributed by atoms with Crippen molar-refractivity contribution in [2.24, 2.45) is 0 Å². The molecule has 3 rings (SSSR count). The Morgan fingerprint density at radius 3 is 2.57 bits per heavy atom. The molecule has 1 unspecified atom stereocenters. The maximum absolute atomic E-state index is 12.5. The lowest BCUT2D eigenvalue weighted by Gasteiger charge is -2.13. The number of aryl methyl sites for hydroxylation is 2. The number of imide groups is 1. The van der Waals surface area contributed by atoms with E-state index in [-0.39, 0.29) is 17.7 Å². The van der Waals surface area contributed by atoms with Gasteiger partial charge in [-0.2, -0.15) is 0 Å². The fourth-order valence-corrected chi connectivity index (χ4v) is 2.81.